The van der Waals surface area contributed by atoms with E-state index in [0.29, 0.717) is 18.8 Å². The van der Waals surface area contributed by atoms with E-state index in [1.807, 2.05) is 0 Å². The Morgan fingerprint density at radius 3 is 2.50 bits per heavy atom. The minimum absolute atomic E-state index is 0.0377. The summed E-state index contributed by atoms with van der Waals surface area (Å²) in [5.41, 5.74) is 1.84. The molecule has 3 rings (SSSR count). The van der Waals surface area contributed by atoms with Crippen molar-refractivity contribution < 1.29 is 14.0 Å². The SMILES string of the molecule is CC1(C)CC2(CCC1=O)OC(CO[Si](C)(C)C(C)(C)C)c1ccccc12. The zero-order valence-corrected chi connectivity index (χ0v) is 18.4. The van der Waals surface area contributed by atoms with E-state index in [1.54, 1.807) is 0 Å². The Morgan fingerprint density at radius 1 is 1.23 bits per heavy atom. The third kappa shape index (κ3) is 3.32. The summed E-state index contributed by atoms with van der Waals surface area (Å²) in [5, 5.41) is 0.183. The van der Waals surface area contributed by atoms with Crippen molar-refractivity contribution >= 4 is 14.1 Å². The topological polar surface area (TPSA) is 35.5 Å². The molecule has 26 heavy (non-hydrogen) atoms. The molecule has 1 fully saturated rings. The smallest absolute Gasteiger partial charge is 0.192 e. The second-order valence-corrected chi connectivity index (χ2v) is 15.1. The first kappa shape index (κ1) is 19.8. The number of hydrogen-bond donors (Lipinski definition) is 0. The third-order valence-electron chi connectivity index (χ3n) is 6.81. The van der Waals surface area contributed by atoms with Gasteiger partial charge < -0.3 is 9.16 Å². The lowest BCUT2D eigenvalue weighted by atomic mass is 9.66. The minimum Gasteiger partial charge on any atom is -0.414 e. The summed E-state index contributed by atoms with van der Waals surface area (Å²) in [6.07, 6.45) is 2.09. The molecule has 0 N–H and O–H groups in total. The number of rotatable bonds is 3. The average Bonchev–Trinajstić information content (AvgIpc) is 2.82. The number of carbonyl (C=O) groups excluding carboxylic acids is 1. The highest BCUT2D eigenvalue weighted by molar-refractivity contribution is 6.74. The Balaban J connectivity index is 1.86. The standard InChI is InChI=1S/C22H34O3Si/c1-20(2,3)26(6,7)24-14-18-16-10-8-9-11-17(16)22(25-18)13-12-19(23)21(4,5)15-22/h8-11,18H,12-15H2,1-7H3. The molecule has 1 aromatic rings. The minimum atomic E-state index is -1.83. The Hall–Kier alpha value is -0.973. The molecule has 4 heteroatoms. The highest BCUT2D eigenvalue weighted by atomic mass is 28.4. The van der Waals surface area contributed by atoms with E-state index < -0.39 is 8.32 Å². The fourth-order valence-corrected chi connectivity index (χ4v) is 5.10. The predicted octanol–water partition coefficient (Wildman–Crippen LogP) is 5.75. The van der Waals surface area contributed by atoms with Gasteiger partial charge in [0.2, 0.25) is 0 Å². The van der Waals surface area contributed by atoms with Crippen LogP contribution in [-0.2, 0) is 19.6 Å². The van der Waals surface area contributed by atoms with Gasteiger partial charge in [-0.05, 0) is 42.1 Å². The predicted molar refractivity (Wildman–Crippen MR) is 108 cm³/mol. The van der Waals surface area contributed by atoms with E-state index in [2.05, 4.69) is 72.0 Å². The number of ketones is 1. The molecular formula is C22H34O3Si. The number of hydrogen-bond acceptors (Lipinski definition) is 3. The summed E-state index contributed by atoms with van der Waals surface area (Å²) in [6, 6.07) is 8.53. The van der Waals surface area contributed by atoms with Crippen molar-refractivity contribution in [3.05, 3.63) is 35.4 Å². The largest absolute Gasteiger partial charge is 0.414 e. The van der Waals surface area contributed by atoms with Crippen LogP contribution in [0.1, 0.15) is 71.1 Å². The summed E-state index contributed by atoms with van der Waals surface area (Å²) in [7, 11) is -1.83. The van der Waals surface area contributed by atoms with Gasteiger partial charge in [-0.2, -0.15) is 0 Å². The normalized spacial score (nSPS) is 28.4. The fraction of sp³-hybridized carbons (Fsp3) is 0.682. The number of ether oxygens (including phenoxy) is 1. The molecule has 1 aliphatic heterocycles. The molecule has 2 atom stereocenters. The summed E-state index contributed by atoms with van der Waals surface area (Å²) in [4.78, 5) is 12.3. The van der Waals surface area contributed by atoms with Gasteiger partial charge in [-0.15, -0.1) is 0 Å². The second kappa shape index (κ2) is 6.28. The molecule has 0 bridgehead atoms. The summed E-state index contributed by atoms with van der Waals surface area (Å²) < 4.78 is 13.2. The Bertz CT molecular complexity index is 702. The van der Waals surface area contributed by atoms with Gasteiger partial charge in [-0.1, -0.05) is 58.9 Å². The van der Waals surface area contributed by atoms with Crippen molar-refractivity contribution in [1.82, 2.24) is 0 Å². The van der Waals surface area contributed by atoms with E-state index in [4.69, 9.17) is 9.16 Å². The second-order valence-electron chi connectivity index (χ2n) is 10.2. The van der Waals surface area contributed by atoms with Crippen molar-refractivity contribution in [2.24, 2.45) is 5.41 Å². The first-order chi connectivity index (χ1) is 11.9. The van der Waals surface area contributed by atoms with Gasteiger partial charge in [-0.25, -0.2) is 0 Å². The molecule has 2 unspecified atom stereocenters. The fourth-order valence-electron chi connectivity index (χ4n) is 4.10. The molecule has 0 amide bonds. The van der Waals surface area contributed by atoms with E-state index in [9.17, 15) is 4.79 Å². The van der Waals surface area contributed by atoms with E-state index in [1.165, 1.54) is 11.1 Å². The van der Waals surface area contributed by atoms with Gasteiger partial charge in [0.15, 0.2) is 8.32 Å². The van der Waals surface area contributed by atoms with E-state index in [0.717, 1.165) is 12.8 Å². The van der Waals surface area contributed by atoms with Gasteiger partial charge in [0, 0.05) is 11.8 Å². The van der Waals surface area contributed by atoms with Crippen LogP contribution in [0.3, 0.4) is 0 Å². The highest BCUT2D eigenvalue weighted by Gasteiger charge is 2.52. The van der Waals surface area contributed by atoms with Gasteiger partial charge in [0.1, 0.15) is 11.9 Å². The molecule has 144 valence electrons. The van der Waals surface area contributed by atoms with Crippen LogP contribution in [0.2, 0.25) is 18.1 Å². The molecule has 1 aromatic carbocycles. The van der Waals surface area contributed by atoms with Crippen LogP contribution < -0.4 is 0 Å². The average molecular weight is 375 g/mol. The summed E-state index contributed by atoms with van der Waals surface area (Å²) in [5.74, 6) is 0.352. The molecule has 2 aliphatic rings. The van der Waals surface area contributed by atoms with Gasteiger partial charge in [0.05, 0.1) is 12.2 Å². The molecule has 1 spiro atoms. The van der Waals surface area contributed by atoms with Crippen molar-refractivity contribution in [3.63, 3.8) is 0 Å². The van der Waals surface area contributed by atoms with E-state index in [-0.39, 0.29) is 22.2 Å². The molecule has 0 radical (unpaired) electrons. The van der Waals surface area contributed by atoms with Gasteiger partial charge in [-0.3, -0.25) is 4.79 Å². The maximum atomic E-state index is 12.3. The monoisotopic (exact) mass is 374 g/mol. The Morgan fingerprint density at radius 2 is 1.88 bits per heavy atom. The Kier molecular flexibility index (Phi) is 4.78. The zero-order chi connectivity index (χ0) is 19.4. The first-order valence-electron chi connectivity index (χ1n) is 9.83. The molecule has 0 saturated heterocycles. The van der Waals surface area contributed by atoms with Gasteiger partial charge in [0.25, 0.3) is 0 Å². The summed E-state index contributed by atoms with van der Waals surface area (Å²) in [6.45, 7) is 16.1. The number of carbonyl (C=O) groups is 1. The maximum Gasteiger partial charge on any atom is 0.192 e. The lowest BCUT2D eigenvalue weighted by molar-refractivity contribution is -0.155. The van der Waals surface area contributed by atoms with Crippen molar-refractivity contribution in [1.29, 1.82) is 0 Å². The first-order valence-corrected chi connectivity index (χ1v) is 12.7. The van der Waals surface area contributed by atoms with E-state index >= 15 is 0 Å². The quantitative estimate of drug-likeness (QED) is 0.632. The molecule has 1 heterocycles. The zero-order valence-electron chi connectivity index (χ0n) is 17.4. The van der Waals surface area contributed by atoms with Crippen LogP contribution in [0, 0.1) is 5.41 Å². The Labute approximate surface area is 159 Å². The molecule has 1 aliphatic carbocycles. The molecular weight excluding hydrogens is 340 g/mol. The van der Waals surface area contributed by atoms with Crippen molar-refractivity contribution in [2.75, 3.05) is 6.61 Å². The van der Waals surface area contributed by atoms with Crippen molar-refractivity contribution in [3.8, 4) is 0 Å². The summed E-state index contributed by atoms with van der Waals surface area (Å²) >= 11 is 0. The lowest BCUT2D eigenvalue weighted by Crippen LogP contribution is -2.43. The van der Waals surface area contributed by atoms with Gasteiger partial charge >= 0.3 is 0 Å². The highest BCUT2D eigenvalue weighted by Crippen LogP contribution is 2.55. The van der Waals surface area contributed by atoms with Crippen LogP contribution in [-0.4, -0.2) is 20.7 Å². The lowest BCUT2D eigenvalue weighted by Gasteiger charge is -2.42. The third-order valence-corrected chi connectivity index (χ3v) is 11.3. The van der Waals surface area contributed by atoms with Crippen LogP contribution in [0.15, 0.2) is 24.3 Å². The molecule has 0 aromatic heterocycles. The van der Waals surface area contributed by atoms with Crippen LogP contribution in [0.25, 0.3) is 0 Å². The number of Topliss-reactive ketones (excluding diaryl/α,β-unsaturated/α-hetero) is 1. The number of benzene rings is 1. The van der Waals surface area contributed by atoms with Crippen LogP contribution >= 0.6 is 0 Å². The molecule has 1 saturated carbocycles. The number of fused-ring (bicyclic) bond motifs is 2. The van der Waals surface area contributed by atoms with Crippen LogP contribution in [0.4, 0.5) is 0 Å². The molecule has 3 nitrogen and oxygen atoms in total. The maximum absolute atomic E-state index is 12.3. The van der Waals surface area contributed by atoms with Crippen molar-refractivity contribution in [2.45, 2.75) is 83.7 Å². The van der Waals surface area contributed by atoms with Crippen LogP contribution in [0.5, 0.6) is 0 Å².